The number of hydrogen-bond acceptors (Lipinski definition) is 4. The lowest BCUT2D eigenvalue weighted by atomic mass is 10.2. The van der Waals surface area contributed by atoms with Crippen LogP contribution in [0.3, 0.4) is 0 Å². The summed E-state index contributed by atoms with van der Waals surface area (Å²) in [5.41, 5.74) is 0.449. The lowest BCUT2D eigenvalue weighted by Gasteiger charge is -2.21. The second-order valence-corrected chi connectivity index (χ2v) is 7.25. The Labute approximate surface area is 123 Å². The maximum atomic E-state index is 11.9. The third kappa shape index (κ3) is 2.67. The van der Waals surface area contributed by atoms with Gasteiger partial charge >= 0.3 is 0 Å². The molecule has 0 bridgehead atoms. The van der Waals surface area contributed by atoms with Crippen LogP contribution in [0.25, 0.3) is 0 Å². The van der Waals surface area contributed by atoms with Crippen molar-refractivity contribution in [2.45, 2.75) is 19.1 Å². The number of rotatable bonds is 3. The molecule has 0 unspecified atom stereocenters. The highest BCUT2D eigenvalue weighted by Gasteiger charge is 2.20. The van der Waals surface area contributed by atoms with E-state index in [4.69, 9.17) is 9.47 Å². The molecule has 0 amide bonds. The van der Waals surface area contributed by atoms with Gasteiger partial charge in [-0.1, -0.05) is 12.1 Å². The van der Waals surface area contributed by atoms with E-state index in [9.17, 15) is 8.42 Å². The topological polar surface area (TPSA) is 64.6 Å². The molecule has 2 aromatic rings. The summed E-state index contributed by atoms with van der Waals surface area (Å²) in [6.07, 6.45) is 0. The molecule has 0 atom stereocenters. The fourth-order valence-electron chi connectivity index (χ4n) is 1.87. The zero-order chi connectivity index (χ0) is 15.0. The molecule has 21 heavy (non-hydrogen) atoms. The fraction of sp³-hybridized carbons (Fsp3) is 0.200. The van der Waals surface area contributed by atoms with Crippen LogP contribution in [0.2, 0.25) is 0 Å². The van der Waals surface area contributed by atoms with Crippen LogP contribution in [0.1, 0.15) is 13.8 Å². The summed E-state index contributed by atoms with van der Waals surface area (Å²) in [5.74, 6) is 2.29. The minimum Gasteiger partial charge on any atom is -0.450 e. The molecule has 3 rings (SSSR count). The number of anilines is 1. The number of nitrogens with one attached hydrogen (secondary N) is 1. The Balaban J connectivity index is 1.91. The van der Waals surface area contributed by atoms with E-state index in [0.717, 1.165) is 0 Å². The zero-order valence-electron chi connectivity index (χ0n) is 11.7. The van der Waals surface area contributed by atoms with Crippen LogP contribution >= 0.6 is 0 Å². The van der Waals surface area contributed by atoms with Crippen molar-refractivity contribution in [2.75, 3.05) is 4.72 Å². The van der Waals surface area contributed by atoms with E-state index in [1.807, 2.05) is 18.2 Å². The van der Waals surface area contributed by atoms with Crippen LogP contribution in [-0.2, 0) is 10.0 Å². The second-order valence-electron chi connectivity index (χ2n) is 5.01. The zero-order valence-corrected chi connectivity index (χ0v) is 12.5. The largest absolute Gasteiger partial charge is 0.450 e. The van der Waals surface area contributed by atoms with Crippen LogP contribution in [0.15, 0.2) is 42.5 Å². The Kier molecular flexibility index (Phi) is 3.25. The van der Waals surface area contributed by atoms with Gasteiger partial charge in [0.25, 0.3) is 0 Å². The number of sulfonamides is 1. The van der Waals surface area contributed by atoms with Gasteiger partial charge < -0.3 is 9.47 Å². The van der Waals surface area contributed by atoms with E-state index in [1.54, 1.807) is 38.1 Å². The quantitative estimate of drug-likeness (QED) is 0.800. The Morgan fingerprint density at radius 3 is 2.10 bits per heavy atom. The van der Waals surface area contributed by atoms with E-state index < -0.39 is 15.3 Å². The molecule has 1 heterocycles. The van der Waals surface area contributed by atoms with E-state index in [0.29, 0.717) is 28.7 Å². The lowest BCUT2D eigenvalue weighted by Crippen LogP contribution is -2.22. The van der Waals surface area contributed by atoms with Gasteiger partial charge in [-0.3, -0.25) is 4.72 Å². The molecule has 1 aliphatic rings. The molecule has 0 saturated carbocycles. The highest BCUT2D eigenvalue weighted by atomic mass is 32.2. The van der Waals surface area contributed by atoms with Gasteiger partial charge in [-0.2, -0.15) is 0 Å². The van der Waals surface area contributed by atoms with E-state index >= 15 is 0 Å². The van der Waals surface area contributed by atoms with Crippen LogP contribution in [0.5, 0.6) is 23.0 Å². The summed E-state index contributed by atoms with van der Waals surface area (Å²) < 4.78 is 37.7. The molecule has 1 N–H and O–H groups in total. The number of ether oxygens (including phenoxy) is 2. The number of para-hydroxylation sites is 2. The van der Waals surface area contributed by atoms with Gasteiger partial charge in [-0.15, -0.1) is 0 Å². The average Bonchev–Trinajstić information content (AvgIpc) is 2.44. The molecule has 6 heteroatoms. The predicted octanol–water partition coefficient (Wildman–Crippen LogP) is 3.73. The first-order valence-corrected chi connectivity index (χ1v) is 8.11. The molecule has 2 aromatic carbocycles. The maximum absolute atomic E-state index is 11.9. The average molecular weight is 305 g/mol. The van der Waals surface area contributed by atoms with Crippen molar-refractivity contribution in [3.8, 4) is 23.0 Å². The van der Waals surface area contributed by atoms with Gasteiger partial charge in [0.15, 0.2) is 23.0 Å². The minimum absolute atomic E-state index is 0.449. The molecule has 0 aliphatic carbocycles. The van der Waals surface area contributed by atoms with Gasteiger partial charge in [0.2, 0.25) is 10.0 Å². The minimum atomic E-state index is -3.38. The molecule has 1 aliphatic heterocycles. The highest BCUT2D eigenvalue weighted by molar-refractivity contribution is 7.93. The van der Waals surface area contributed by atoms with Gasteiger partial charge in [0.05, 0.1) is 10.9 Å². The number of hydrogen-bond donors (Lipinski definition) is 1. The first-order valence-electron chi connectivity index (χ1n) is 6.56. The first kappa shape index (κ1) is 13.8. The SMILES string of the molecule is CC(C)S(=O)(=O)Nc1ccc2c(c1)Oc1ccccc1O2. The molecular formula is C15H15NO4S. The molecule has 0 aromatic heterocycles. The van der Waals surface area contributed by atoms with Gasteiger partial charge in [0, 0.05) is 6.07 Å². The normalized spacial score (nSPS) is 12.9. The summed E-state index contributed by atoms with van der Waals surface area (Å²) in [4.78, 5) is 0. The third-order valence-corrected chi connectivity index (χ3v) is 4.87. The second kappa shape index (κ2) is 4.96. The van der Waals surface area contributed by atoms with E-state index in [-0.39, 0.29) is 0 Å². The van der Waals surface area contributed by atoms with Crippen molar-refractivity contribution in [1.82, 2.24) is 0 Å². The number of benzene rings is 2. The summed E-state index contributed by atoms with van der Waals surface area (Å²) in [6, 6.07) is 12.3. The Morgan fingerprint density at radius 2 is 1.48 bits per heavy atom. The summed E-state index contributed by atoms with van der Waals surface area (Å²) in [6.45, 7) is 3.24. The first-order chi connectivity index (χ1) is 9.95. The molecular weight excluding hydrogens is 290 g/mol. The van der Waals surface area contributed by atoms with Crippen molar-refractivity contribution in [2.24, 2.45) is 0 Å². The summed E-state index contributed by atoms with van der Waals surface area (Å²) in [7, 11) is -3.38. The van der Waals surface area contributed by atoms with Crippen molar-refractivity contribution in [1.29, 1.82) is 0 Å². The summed E-state index contributed by atoms with van der Waals surface area (Å²) >= 11 is 0. The van der Waals surface area contributed by atoms with Crippen molar-refractivity contribution in [3.05, 3.63) is 42.5 Å². The predicted molar refractivity (Wildman–Crippen MR) is 80.7 cm³/mol. The fourth-order valence-corrected chi connectivity index (χ4v) is 2.56. The van der Waals surface area contributed by atoms with Gasteiger partial charge in [-0.25, -0.2) is 8.42 Å². The molecule has 110 valence electrons. The van der Waals surface area contributed by atoms with E-state index in [2.05, 4.69) is 4.72 Å². The van der Waals surface area contributed by atoms with Crippen molar-refractivity contribution >= 4 is 15.7 Å². The van der Waals surface area contributed by atoms with Crippen LogP contribution < -0.4 is 14.2 Å². The molecule has 0 saturated heterocycles. The maximum Gasteiger partial charge on any atom is 0.235 e. The standard InChI is InChI=1S/C15H15NO4S/c1-10(2)21(17,18)16-11-7-8-14-15(9-11)20-13-6-4-3-5-12(13)19-14/h3-10,16H,1-2H3. The molecule has 0 radical (unpaired) electrons. The van der Waals surface area contributed by atoms with Crippen LogP contribution in [0.4, 0.5) is 5.69 Å². The van der Waals surface area contributed by atoms with Gasteiger partial charge in [0.1, 0.15) is 0 Å². The Morgan fingerprint density at radius 1 is 0.905 bits per heavy atom. The highest BCUT2D eigenvalue weighted by Crippen LogP contribution is 2.45. The number of fused-ring (bicyclic) bond motifs is 2. The van der Waals surface area contributed by atoms with Crippen molar-refractivity contribution in [3.63, 3.8) is 0 Å². The molecule has 5 nitrogen and oxygen atoms in total. The molecule has 0 fully saturated rings. The summed E-state index contributed by atoms with van der Waals surface area (Å²) in [5, 5.41) is -0.508. The monoisotopic (exact) mass is 305 g/mol. The smallest absolute Gasteiger partial charge is 0.235 e. The Bertz CT molecular complexity index is 784. The van der Waals surface area contributed by atoms with Crippen LogP contribution in [-0.4, -0.2) is 13.7 Å². The van der Waals surface area contributed by atoms with E-state index in [1.165, 1.54) is 0 Å². The third-order valence-electron chi connectivity index (χ3n) is 3.11. The Hall–Kier alpha value is -2.21. The van der Waals surface area contributed by atoms with Gasteiger partial charge in [-0.05, 0) is 38.1 Å². The molecule has 0 spiro atoms. The van der Waals surface area contributed by atoms with Crippen LogP contribution in [0, 0.1) is 0 Å². The van der Waals surface area contributed by atoms with Crippen molar-refractivity contribution < 1.29 is 17.9 Å². The lowest BCUT2D eigenvalue weighted by molar-refractivity contribution is 0.360.